The van der Waals surface area contributed by atoms with Gasteiger partial charge in [-0.2, -0.15) is 0 Å². The quantitative estimate of drug-likeness (QED) is 0.863. The van der Waals surface area contributed by atoms with Crippen LogP contribution in [0.25, 0.3) is 0 Å². The average Bonchev–Trinajstić information content (AvgIpc) is 2.30. The van der Waals surface area contributed by atoms with Crippen molar-refractivity contribution in [3.05, 3.63) is 34.3 Å². The van der Waals surface area contributed by atoms with E-state index in [1.165, 1.54) is 12.8 Å². The van der Waals surface area contributed by atoms with Crippen LogP contribution in [0.1, 0.15) is 29.6 Å². The highest BCUT2D eigenvalue weighted by Gasteiger charge is 2.17. The third kappa shape index (κ3) is 3.16. The van der Waals surface area contributed by atoms with Crippen molar-refractivity contribution in [2.75, 3.05) is 13.1 Å². The number of piperidine rings is 1. The van der Waals surface area contributed by atoms with Gasteiger partial charge in [0, 0.05) is 16.5 Å². The van der Waals surface area contributed by atoms with Crippen molar-refractivity contribution < 1.29 is 4.79 Å². The summed E-state index contributed by atoms with van der Waals surface area (Å²) in [6, 6.07) is 7.65. The Hall–Kier alpha value is -0.670. The Morgan fingerprint density at radius 2 is 2.38 bits per heavy atom. The molecule has 0 aliphatic carbocycles. The molecular formula is C13H16BrNO. The SMILES string of the molecule is O=C(CC1CCCNC1)c1cccc(Br)c1. The molecule has 1 atom stereocenters. The largest absolute Gasteiger partial charge is 0.316 e. The van der Waals surface area contributed by atoms with Gasteiger partial charge in [-0.3, -0.25) is 4.79 Å². The number of hydrogen-bond acceptors (Lipinski definition) is 2. The van der Waals surface area contributed by atoms with E-state index in [1.54, 1.807) is 0 Å². The van der Waals surface area contributed by atoms with Crippen LogP contribution in [0.5, 0.6) is 0 Å². The minimum atomic E-state index is 0.259. The number of nitrogens with one attached hydrogen (secondary N) is 1. The molecular weight excluding hydrogens is 266 g/mol. The van der Waals surface area contributed by atoms with Gasteiger partial charge in [0.2, 0.25) is 0 Å². The average molecular weight is 282 g/mol. The van der Waals surface area contributed by atoms with Crippen molar-refractivity contribution >= 4 is 21.7 Å². The van der Waals surface area contributed by atoms with Crippen LogP contribution in [0.3, 0.4) is 0 Å². The molecule has 1 saturated heterocycles. The molecule has 0 amide bonds. The van der Waals surface area contributed by atoms with E-state index >= 15 is 0 Å². The Labute approximate surface area is 105 Å². The van der Waals surface area contributed by atoms with E-state index in [2.05, 4.69) is 21.2 Å². The number of halogens is 1. The van der Waals surface area contributed by atoms with Crippen LogP contribution in [-0.2, 0) is 0 Å². The number of carbonyl (C=O) groups excluding carboxylic acids is 1. The third-order valence-electron chi connectivity index (χ3n) is 3.02. The van der Waals surface area contributed by atoms with Crippen molar-refractivity contribution in [2.45, 2.75) is 19.3 Å². The summed E-state index contributed by atoms with van der Waals surface area (Å²) in [4.78, 5) is 12.0. The van der Waals surface area contributed by atoms with Crippen LogP contribution in [0, 0.1) is 5.92 Å². The number of rotatable bonds is 3. The second-order valence-electron chi connectivity index (χ2n) is 4.35. The lowest BCUT2D eigenvalue weighted by Crippen LogP contribution is -2.31. The van der Waals surface area contributed by atoms with E-state index in [0.717, 1.165) is 23.1 Å². The van der Waals surface area contributed by atoms with Gasteiger partial charge in [0.05, 0.1) is 0 Å². The van der Waals surface area contributed by atoms with E-state index in [4.69, 9.17) is 0 Å². The Kier molecular flexibility index (Phi) is 4.13. The van der Waals surface area contributed by atoms with Crippen LogP contribution in [0.4, 0.5) is 0 Å². The molecule has 1 aliphatic heterocycles. The molecule has 0 aromatic heterocycles. The standard InChI is InChI=1S/C13H16BrNO/c14-12-5-1-4-11(8-12)13(16)7-10-3-2-6-15-9-10/h1,4-5,8,10,15H,2-3,6-7,9H2. The Morgan fingerprint density at radius 1 is 1.50 bits per heavy atom. The predicted molar refractivity (Wildman–Crippen MR) is 68.7 cm³/mol. The molecule has 0 spiro atoms. The number of Topliss-reactive ketones (excluding diaryl/α,β-unsaturated/α-hetero) is 1. The van der Waals surface area contributed by atoms with E-state index in [9.17, 15) is 4.79 Å². The van der Waals surface area contributed by atoms with Crippen LogP contribution in [-0.4, -0.2) is 18.9 Å². The summed E-state index contributed by atoms with van der Waals surface area (Å²) in [5, 5.41) is 3.34. The summed E-state index contributed by atoms with van der Waals surface area (Å²) in [5.74, 6) is 0.773. The normalized spacial score (nSPS) is 20.7. The summed E-state index contributed by atoms with van der Waals surface area (Å²) in [7, 11) is 0. The van der Waals surface area contributed by atoms with Crippen molar-refractivity contribution in [1.82, 2.24) is 5.32 Å². The van der Waals surface area contributed by atoms with Crippen molar-refractivity contribution in [2.24, 2.45) is 5.92 Å². The van der Waals surface area contributed by atoms with Gasteiger partial charge in [0.15, 0.2) is 5.78 Å². The fraction of sp³-hybridized carbons (Fsp3) is 0.462. The van der Waals surface area contributed by atoms with Crippen LogP contribution in [0.15, 0.2) is 28.7 Å². The molecule has 1 unspecified atom stereocenters. The Bertz CT molecular complexity index is 372. The topological polar surface area (TPSA) is 29.1 Å². The smallest absolute Gasteiger partial charge is 0.163 e. The number of benzene rings is 1. The molecule has 3 heteroatoms. The fourth-order valence-electron chi connectivity index (χ4n) is 2.14. The highest BCUT2D eigenvalue weighted by Crippen LogP contribution is 2.19. The van der Waals surface area contributed by atoms with Crippen molar-refractivity contribution in [3.63, 3.8) is 0 Å². The summed E-state index contributed by atoms with van der Waals surface area (Å²) >= 11 is 3.39. The third-order valence-corrected chi connectivity index (χ3v) is 3.51. The first-order valence-corrected chi connectivity index (χ1v) is 6.54. The molecule has 1 heterocycles. The molecule has 1 N–H and O–H groups in total. The second-order valence-corrected chi connectivity index (χ2v) is 5.27. The minimum absolute atomic E-state index is 0.259. The lowest BCUT2D eigenvalue weighted by molar-refractivity contribution is 0.0954. The summed E-state index contributed by atoms with van der Waals surface area (Å²) in [5.41, 5.74) is 0.819. The first-order valence-electron chi connectivity index (χ1n) is 5.75. The van der Waals surface area contributed by atoms with Gasteiger partial charge in [-0.15, -0.1) is 0 Å². The number of carbonyl (C=O) groups is 1. The molecule has 86 valence electrons. The molecule has 1 aliphatic rings. The molecule has 1 aromatic rings. The molecule has 0 bridgehead atoms. The maximum atomic E-state index is 12.0. The monoisotopic (exact) mass is 281 g/mol. The van der Waals surface area contributed by atoms with Crippen LogP contribution >= 0.6 is 15.9 Å². The highest BCUT2D eigenvalue weighted by molar-refractivity contribution is 9.10. The van der Waals surface area contributed by atoms with Crippen molar-refractivity contribution in [1.29, 1.82) is 0 Å². The van der Waals surface area contributed by atoms with Gasteiger partial charge < -0.3 is 5.32 Å². The molecule has 1 fully saturated rings. The Balaban J connectivity index is 1.97. The van der Waals surface area contributed by atoms with E-state index in [0.29, 0.717) is 12.3 Å². The molecule has 0 radical (unpaired) electrons. The highest BCUT2D eigenvalue weighted by atomic mass is 79.9. The maximum Gasteiger partial charge on any atom is 0.163 e. The Morgan fingerprint density at radius 3 is 3.06 bits per heavy atom. The zero-order chi connectivity index (χ0) is 11.4. The van der Waals surface area contributed by atoms with Gasteiger partial charge >= 0.3 is 0 Å². The summed E-state index contributed by atoms with van der Waals surface area (Å²) < 4.78 is 0.972. The number of hydrogen-bond donors (Lipinski definition) is 1. The molecule has 1 aromatic carbocycles. The lowest BCUT2D eigenvalue weighted by atomic mass is 9.92. The molecule has 2 rings (SSSR count). The summed E-state index contributed by atoms with van der Waals surface area (Å²) in [6.45, 7) is 2.08. The van der Waals surface area contributed by atoms with E-state index < -0.39 is 0 Å². The van der Waals surface area contributed by atoms with Crippen LogP contribution < -0.4 is 5.32 Å². The molecule has 16 heavy (non-hydrogen) atoms. The zero-order valence-corrected chi connectivity index (χ0v) is 10.8. The molecule has 2 nitrogen and oxygen atoms in total. The number of ketones is 1. The maximum absolute atomic E-state index is 12.0. The van der Waals surface area contributed by atoms with Gasteiger partial charge in [-0.1, -0.05) is 28.1 Å². The van der Waals surface area contributed by atoms with Gasteiger partial charge in [-0.25, -0.2) is 0 Å². The summed E-state index contributed by atoms with van der Waals surface area (Å²) in [6.07, 6.45) is 3.03. The van der Waals surface area contributed by atoms with E-state index in [1.807, 2.05) is 24.3 Å². The van der Waals surface area contributed by atoms with Gasteiger partial charge in [0.1, 0.15) is 0 Å². The van der Waals surface area contributed by atoms with E-state index in [-0.39, 0.29) is 5.78 Å². The fourth-order valence-corrected chi connectivity index (χ4v) is 2.54. The zero-order valence-electron chi connectivity index (χ0n) is 9.21. The first kappa shape index (κ1) is 11.8. The predicted octanol–water partition coefficient (Wildman–Crippen LogP) is 3.02. The second kappa shape index (κ2) is 5.60. The van der Waals surface area contributed by atoms with Gasteiger partial charge in [-0.05, 0) is 44.0 Å². The van der Waals surface area contributed by atoms with Crippen LogP contribution in [0.2, 0.25) is 0 Å². The van der Waals surface area contributed by atoms with Crippen molar-refractivity contribution in [3.8, 4) is 0 Å². The lowest BCUT2D eigenvalue weighted by Gasteiger charge is -2.21. The first-order chi connectivity index (χ1) is 7.75. The minimum Gasteiger partial charge on any atom is -0.316 e. The van der Waals surface area contributed by atoms with Gasteiger partial charge in [0.25, 0.3) is 0 Å². The molecule has 0 saturated carbocycles.